The van der Waals surface area contributed by atoms with Gasteiger partial charge in [-0.2, -0.15) is 0 Å². The van der Waals surface area contributed by atoms with Gasteiger partial charge in [0, 0.05) is 25.0 Å². The molecule has 2 aliphatic heterocycles. The molecular weight excluding hydrogens is 220 g/mol. The van der Waals surface area contributed by atoms with Gasteiger partial charge < -0.3 is 15.3 Å². The number of nitrogens with zero attached hydrogens (tertiary/aromatic N) is 1. The number of aliphatic carboxylic acids is 1. The van der Waals surface area contributed by atoms with Gasteiger partial charge in [0.2, 0.25) is 0 Å². The lowest BCUT2D eigenvalue weighted by molar-refractivity contribution is -0.138. The number of hydrogen-bond donors (Lipinski definition) is 2. The highest BCUT2D eigenvalue weighted by Gasteiger charge is 2.43. The predicted molar refractivity (Wildman–Crippen MR) is 62.7 cm³/mol. The van der Waals surface area contributed by atoms with E-state index in [4.69, 9.17) is 5.11 Å². The second-order valence-corrected chi connectivity index (χ2v) is 5.06. The van der Waals surface area contributed by atoms with Crippen LogP contribution in [0.3, 0.4) is 0 Å². The van der Waals surface area contributed by atoms with E-state index in [-0.39, 0.29) is 30.5 Å². The van der Waals surface area contributed by atoms with Crippen LogP contribution in [0.1, 0.15) is 39.0 Å². The lowest BCUT2D eigenvalue weighted by atomic mass is 9.88. The van der Waals surface area contributed by atoms with E-state index in [1.54, 1.807) is 0 Å². The lowest BCUT2D eigenvalue weighted by Gasteiger charge is -2.38. The number of carboxylic acid groups (broad SMARTS) is 1. The summed E-state index contributed by atoms with van der Waals surface area (Å²) < 4.78 is 0. The summed E-state index contributed by atoms with van der Waals surface area (Å²) in [5.41, 5.74) is 0. The number of carbonyl (C=O) groups excluding carboxylic acids is 1. The fourth-order valence-electron chi connectivity index (χ4n) is 3.28. The summed E-state index contributed by atoms with van der Waals surface area (Å²) in [5, 5.41) is 11.7. The van der Waals surface area contributed by atoms with Crippen molar-refractivity contribution < 1.29 is 14.7 Å². The Morgan fingerprint density at radius 1 is 1.29 bits per heavy atom. The standard InChI is InChI=1S/C12H20N2O3/c1-2-13-12(17)14-9-3-4-10(14)6-8(5-9)7-11(15)16/h8-10H,2-7H2,1H3,(H,13,17)(H,15,16). The molecule has 2 saturated heterocycles. The van der Waals surface area contributed by atoms with Crippen LogP contribution in [0.5, 0.6) is 0 Å². The second kappa shape index (κ2) is 4.94. The Kier molecular flexibility index (Phi) is 3.54. The average Bonchev–Trinajstić information content (AvgIpc) is 2.50. The number of carboxylic acids is 1. The van der Waals surface area contributed by atoms with Crippen LogP contribution in [0.2, 0.25) is 0 Å². The Hall–Kier alpha value is -1.26. The van der Waals surface area contributed by atoms with Crippen LogP contribution < -0.4 is 5.32 Å². The molecule has 2 atom stereocenters. The molecule has 2 bridgehead atoms. The zero-order valence-electron chi connectivity index (χ0n) is 10.2. The van der Waals surface area contributed by atoms with Gasteiger partial charge in [-0.25, -0.2) is 4.79 Å². The van der Waals surface area contributed by atoms with Crippen molar-refractivity contribution in [2.45, 2.75) is 51.1 Å². The molecule has 0 aliphatic carbocycles. The molecule has 0 spiro atoms. The van der Waals surface area contributed by atoms with E-state index in [9.17, 15) is 9.59 Å². The van der Waals surface area contributed by atoms with E-state index in [0.717, 1.165) is 25.7 Å². The van der Waals surface area contributed by atoms with Crippen LogP contribution in [0.4, 0.5) is 4.79 Å². The minimum atomic E-state index is -0.721. The number of carbonyl (C=O) groups is 2. The third kappa shape index (κ3) is 2.53. The van der Waals surface area contributed by atoms with E-state index in [1.165, 1.54) is 0 Å². The number of rotatable bonds is 3. The minimum Gasteiger partial charge on any atom is -0.481 e. The van der Waals surface area contributed by atoms with E-state index in [0.29, 0.717) is 6.54 Å². The molecule has 0 aromatic heterocycles. The van der Waals surface area contributed by atoms with Gasteiger partial charge in [0.05, 0.1) is 0 Å². The zero-order valence-corrected chi connectivity index (χ0v) is 10.2. The Bertz CT molecular complexity index is 305. The highest BCUT2D eigenvalue weighted by atomic mass is 16.4. The van der Waals surface area contributed by atoms with E-state index in [2.05, 4.69) is 5.32 Å². The molecule has 5 heteroatoms. The number of hydrogen-bond acceptors (Lipinski definition) is 2. The number of urea groups is 1. The molecule has 0 radical (unpaired) electrons. The summed E-state index contributed by atoms with van der Waals surface area (Å²) in [6, 6.07) is 0.531. The zero-order chi connectivity index (χ0) is 12.4. The summed E-state index contributed by atoms with van der Waals surface area (Å²) in [4.78, 5) is 24.6. The van der Waals surface area contributed by atoms with Crippen molar-refractivity contribution in [1.29, 1.82) is 0 Å². The normalized spacial score (nSPS) is 31.4. The largest absolute Gasteiger partial charge is 0.481 e. The smallest absolute Gasteiger partial charge is 0.317 e. The quantitative estimate of drug-likeness (QED) is 0.784. The van der Waals surface area contributed by atoms with Crippen LogP contribution in [0, 0.1) is 5.92 Å². The molecule has 2 amide bonds. The Labute approximate surface area is 101 Å². The second-order valence-electron chi connectivity index (χ2n) is 5.06. The van der Waals surface area contributed by atoms with Crippen molar-refractivity contribution in [3.63, 3.8) is 0 Å². The predicted octanol–water partition coefficient (Wildman–Crippen LogP) is 1.43. The van der Waals surface area contributed by atoms with E-state index < -0.39 is 5.97 Å². The third-order valence-electron chi connectivity index (χ3n) is 3.86. The van der Waals surface area contributed by atoms with Crippen molar-refractivity contribution >= 4 is 12.0 Å². The molecule has 2 fully saturated rings. The molecule has 2 heterocycles. The van der Waals surface area contributed by atoms with Gasteiger partial charge in [-0.3, -0.25) is 4.79 Å². The molecular formula is C12H20N2O3. The van der Waals surface area contributed by atoms with Gasteiger partial charge in [-0.05, 0) is 38.5 Å². The van der Waals surface area contributed by atoms with Gasteiger partial charge in [0.25, 0.3) is 0 Å². The average molecular weight is 240 g/mol. The van der Waals surface area contributed by atoms with Gasteiger partial charge in [-0.1, -0.05) is 0 Å². The van der Waals surface area contributed by atoms with Gasteiger partial charge in [0.1, 0.15) is 0 Å². The van der Waals surface area contributed by atoms with Crippen LogP contribution in [0.15, 0.2) is 0 Å². The lowest BCUT2D eigenvalue weighted by Crippen LogP contribution is -2.51. The molecule has 17 heavy (non-hydrogen) atoms. The van der Waals surface area contributed by atoms with Gasteiger partial charge >= 0.3 is 12.0 Å². The molecule has 0 aromatic carbocycles. The Morgan fingerprint density at radius 3 is 2.35 bits per heavy atom. The van der Waals surface area contributed by atoms with E-state index in [1.807, 2.05) is 11.8 Å². The first-order chi connectivity index (χ1) is 8.11. The van der Waals surface area contributed by atoms with Crippen LogP contribution in [-0.2, 0) is 4.79 Å². The highest BCUT2D eigenvalue weighted by Crippen LogP contribution is 2.39. The maximum atomic E-state index is 11.9. The molecule has 96 valence electrons. The molecule has 2 rings (SSSR count). The molecule has 2 N–H and O–H groups in total. The fourth-order valence-corrected chi connectivity index (χ4v) is 3.28. The fraction of sp³-hybridized carbons (Fsp3) is 0.833. The highest BCUT2D eigenvalue weighted by molar-refractivity contribution is 5.75. The molecule has 2 unspecified atom stereocenters. The maximum Gasteiger partial charge on any atom is 0.317 e. The topological polar surface area (TPSA) is 69.6 Å². The van der Waals surface area contributed by atoms with Crippen LogP contribution in [0.25, 0.3) is 0 Å². The van der Waals surface area contributed by atoms with Crippen molar-refractivity contribution in [2.24, 2.45) is 5.92 Å². The maximum absolute atomic E-state index is 11.9. The summed E-state index contributed by atoms with van der Waals surface area (Å²) in [6.45, 7) is 2.56. The first-order valence-electron chi connectivity index (χ1n) is 6.39. The molecule has 5 nitrogen and oxygen atoms in total. The monoisotopic (exact) mass is 240 g/mol. The van der Waals surface area contributed by atoms with Crippen molar-refractivity contribution in [2.75, 3.05) is 6.54 Å². The number of fused-ring (bicyclic) bond motifs is 2. The first-order valence-corrected chi connectivity index (χ1v) is 6.39. The number of amides is 2. The van der Waals surface area contributed by atoms with Gasteiger partial charge in [-0.15, -0.1) is 0 Å². The van der Waals surface area contributed by atoms with Crippen LogP contribution >= 0.6 is 0 Å². The van der Waals surface area contributed by atoms with Crippen molar-refractivity contribution in [3.05, 3.63) is 0 Å². The summed E-state index contributed by atoms with van der Waals surface area (Å²) in [6.07, 6.45) is 3.99. The Morgan fingerprint density at radius 2 is 1.88 bits per heavy atom. The number of nitrogens with one attached hydrogen (secondary N) is 1. The number of piperidine rings is 1. The third-order valence-corrected chi connectivity index (χ3v) is 3.86. The summed E-state index contributed by atoms with van der Waals surface area (Å²) in [7, 11) is 0. The molecule has 2 aliphatic rings. The SMILES string of the molecule is CCNC(=O)N1C2CCC1CC(CC(=O)O)C2. The molecule has 0 saturated carbocycles. The molecule has 0 aromatic rings. The summed E-state index contributed by atoms with van der Waals surface area (Å²) in [5.74, 6) is -0.475. The van der Waals surface area contributed by atoms with Gasteiger partial charge in [0.15, 0.2) is 0 Å². The van der Waals surface area contributed by atoms with E-state index >= 15 is 0 Å². The van der Waals surface area contributed by atoms with Crippen LogP contribution in [-0.4, -0.2) is 40.6 Å². The summed E-state index contributed by atoms with van der Waals surface area (Å²) >= 11 is 0. The Balaban J connectivity index is 1.97. The van der Waals surface area contributed by atoms with Crippen molar-refractivity contribution in [3.8, 4) is 0 Å². The van der Waals surface area contributed by atoms with Crippen molar-refractivity contribution in [1.82, 2.24) is 10.2 Å². The minimum absolute atomic E-state index is 0.0220. The first kappa shape index (κ1) is 12.2.